The van der Waals surface area contributed by atoms with E-state index in [0.29, 0.717) is 17.3 Å². The minimum absolute atomic E-state index is 0.0816. The van der Waals surface area contributed by atoms with Crippen molar-refractivity contribution in [3.8, 4) is 0 Å². The van der Waals surface area contributed by atoms with Crippen molar-refractivity contribution < 1.29 is 4.79 Å². The molecule has 1 fully saturated rings. The molecule has 20 heavy (non-hydrogen) atoms. The van der Waals surface area contributed by atoms with Crippen LogP contribution in [-0.4, -0.2) is 47.9 Å². The molecule has 0 saturated carbocycles. The van der Waals surface area contributed by atoms with Gasteiger partial charge in [0.25, 0.3) is 5.91 Å². The molecule has 4 N–H and O–H groups in total. The Hall–Kier alpha value is -1.34. The molecule has 0 bridgehead atoms. The first-order valence-corrected chi connectivity index (χ1v) is 7.73. The zero-order valence-corrected chi connectivity index (χ0v) is 13.1. The van der Waals surface area contributed by atoms with Crippen LogP contribution in [0.2, 0.25) is 0 Å². The summed E-state index contributed by atoms with van der Waals surface area (Å²) in [6, 6.07) is 0.0816. The summed E-state index contributed by atoms with van der Waals surface area (Å²) < 4.78 is 4.09. The molecule has 7 heteroatoms. The minimum atomic E-state index is -0.155. The number of hydrogen-bond donors (Lipinski definition) is 3. The second-order valence-electron chi connectivity index (χ2n) is 5.70. The summed E-state index contributed by atoms with van der Waals surface area (Å²) in [5.74, 6) is 0.765. The van der Waals surface area contributed by atoms with E-state index in [1.807, 2.05) is 13.8 Å². The van der Waals surface area contributed by atoms with Crippen LogP contribution in [0.25, 0.3) is 0 Å². The van der Waals surface area contributed by atoms with Crippen molar-refractivity contribution in [3.05, 3.63) is 5.56 Å². The number of amides is 1. The molecule has 1 unspecified atom stereocenters. The van der Waals surface area contributed by atoms with Crippen molar-refractivity contribution in [3.63, 3.8) is 0 Å². The number of nitrogens with zero attached hydrogens (tertiary/aromatic N) is 2. The monoisotopic (exact) mass is 297 g/mol. The van der Waals surface area contributed by atoms with E-state index >= 15 is 0 Å². The normalized spacial score (nSPS) is 19.5. The van der Waals surface area contributed by atoms with Crippen LogP contribution in [-0.2, 0) is 0 Å². The number of likely N-dealkylation sites (tertiary alicyclic amines) is 1. The maximum absolute atomic E-state index is 12.1. The number of aromatic nitrogens is 1. The van der Waals surface area contributed by atoms with E-state index in [-0.39, 0.29) is 11.9 Å². The number of nitrogens with two attached hydrogens (primary N) is 1. The number of carbonyl (C=O) groups is 1. The van der Waals surface area contributed by atoms with Crippen molar-refractivity contribution in [1.29, 1.82) is 0 Å². The number of hydrogen-bond acceptors (Lipinski definition) is 6. The Bertz CT molecular complexity index is 473. The average Bonchev–Trinajstić information content (AvgIpc) is 2.92. The van der Waals surface area contributed by atoms with Crippen molar-refractivity contribution in [2.24, 2.45) is 5.92 Å². The fourth-order valence-electron chi connectivity index (χ4n) is 2.41. The lowest BCUT2D eigenvalue weighted by Crippen LogP contribution is -2.31. The Morgan fingerprint density at radius 2 is 2.35 bits per heavy atom. The first-order chi connectivity index (χ1) is 9.47. The van der Waals surface area contributed by atoms with Gasteiger partial charge in [-0.1, -0.05) is 0 Å². The molecule has 1 atom stereocenters. The van der Waals surface area contributed by atoms with E-state index < -0.39 is 0 Å². The molecule has 112 valence electrons. The van der Waals surface area contributed by atoms with E-state index in [4.69, 9.17) is 5.73 Å². The minimum Gasteiger partial charge on any atom is -0.382 e. The van der Waals surface area contributed by atoms with Crippen molar-refractivity contribution in [2.75, 3.05) is 37.7 Å². The van der Waals surface area contributed by atoms with E-state index in [1.54, 1.807) is 0 Å². The van der Waals surface area contributed by atoms with Gasteiger partial charge < -0.3 is 21.3 Å². The van der Waals surface area contributed by atoms with Gasteiger partial charge in [-0.05, 0) is 51.3 Å². The molecule has 1 aromatic rings. The number of nitrogen functional groups attached to an aromatic ring is 1. The van der Waals surface area contributed by atoms with Crippen molar-refractivity contribution in [2.45, 2.75) is 26.3 Å². The fraction of sp³-hybridized carbons (Fsp3) is 0.692. The molecule has 0 radical (unpaired) electrons. The topological polar surface area (TPSA) is 83.3 Å². The lowest BCUT2D eigenvalue weighted by molar-refractivity contribution is 0.0945. The van der Waals surface area contributed by atoms with Gasteiger partial charge in [0.15, 0.2) is 5.82 Å². The molecule has 1 amide bonds. The second-order valence-corrected chi connectivity index (χ2v) is 6.47. The Morgan fingerprint density at radius 3 is 2.95 bits per heavy atom. The van der Waals surface area contributed by atoms with E-state index in [1.165, 1.54) is 18.0 Å². The van der Waals surface area contributed by atoms with E-state index in [2.05, 4.69) is 27.0 Å². The van der Waals surface area contributed by atoms with E-state index in [0.717, 1.165) is 24.6 Å². The molecule has 1 aliphatic heterocycles. The third kappa shape index (κ3) is 3.61. The molecule has 2 rings (SSSR count). The van der Waals surface area contributed by atoms with Crippen LogP contribution in [0.4, 0.5) is 10.8 Å². The first-order valence-electron chi connectivity index (χ1n) is 6.95. The molecule has 0 aromatic carbocycles. The molecule has 0 spiro atoms. The fourth-order valence-corrected chi connectivity index (χ4v) is 3.12. The molecule has 1 aromatic heterocycles. The maximum atomic E-state index is 12.1. The van der Waals surface area contributed by atoms with Gasteiger partial charge in [-0.2, -0.15) is 4.37 Å². The number of anilines is 2. The van der Waals surface area contributed by atoms with Crippen LogP contribution in [0, 0.1) is 5.92 Å². The summed E-state index contributed by atoms with van der Waals surface area (Å²) >= 11 is 1.26. The molecule has 2 heterocycles. The predicted octanol–water partition coefficient (Wildman–Crippen LogP) is 1.23. The van der Waals surface area contributed by atoms with Crippen molar-refractivity contribution in [1.82, 2.24) is 14.6 Å². The highest BCUT2D eigenvalue weighted by Crippen LogP contribution is 2.27. The Kier molecular flexibility index (Phi) is 4.82. The van der Waals surface area contributed by atoms with Gasteiger partial charge >= 0.3 is 0 Å². The summed E-state index contributed by atoms with van der Waals surface area (Å²) in [6.45, 7) is 6.94. The lowest BCUT2D eigenvalue weighted by Gasteiger charge is -2.13. The number of carbonyl (C=O) groups excluding carboxylic acids is 1. The standard InChI is InChI=1S/C13H23N5OS/c1-8(2)16-12(19)10-11(14)17-20-13(10)15-6-9-4-5-18(3)7-9/h8-9,15H,4-7H2,1-3H3,(H2,14,17)(H,16,19). The predicted molar refractivity (Wildman–Crippen MR) is 83.2 cm³/mol. The number of rotatable bonds is 5. The average molecular weight is 297 g/mol. The van der Waals surface area contributed by atoms with Crippen LogP contribution in [0.15, 0.2) is 0 Å². The lowest BCUT2D eigenvalue weighted by atomic mass is 10.1. The quantitative estimate of drug-likeness (QED) is 0.761. The van der Waals surface area contributed by atoms with Crippen LogP contribution in [0.5, 0.6) is 0 Å². The highest BCUT2D eigenvalue weighted by molar-refractivity contribution is 7.11. The summed E-state index contributed by atoms with van der Waals surface area (Å²) in [7, 11) is 2.13. The van der Waals surface area contributed by atoms with Gasteiger partial charge in [-0.3, -0.25) is 4.79 Å². The van der Waals surface area contributed by atoms with Crippen LogP contribution in [0.1, 0.15) is 30.6 Å². The summed E-state index contributed by atoms with van der Waals surface area (Å²) in [6.07, 6.45) is 1.19. The maximum Gasteiger partial charge on any atom is 0.258 e. The van der Waals surface area contributed by atoms with Crippen LogP contribution < -0.4 is 16.4 Å². The van der Waals surface area contributed by atoms with Crippen LogP contribution in [0.3, 0.4) is 0 Å². The van der Waals surface area contributed by atoms with Gasteiger partial charge in [0.1, 0.15) is 10.6 Å². The Balaban J connectivity index is 1.99. The third-order valence-electron chi connectivity index (χ3n) is 3.41. The van der Waals surface area contributed by atoms with Gasteiger partial charge in [-0.15, -0.1) is 0 Å². The zero-order chi connectivity index (χ0) is 14.7. The van der Waals surface area contributed by atoms with Gasteiger partial charge in [0, 0.05) is 19.1 Å². The number of nitrogens with one attached hydrogen (secondary N) is 2. The molecular formula is C13H23N5OS. The second kappa shape index (κ2) is 6.41. The van der Waals surface area contributed by atoms with E-state index in [9.17, 15) is 4.79 Å². The Labute approximate surface area is 123 Å². The zero-order valence-electron chi connectivity index (χ0n) is 12.3. The van der Waals surface area contributed by atoms with Gasteiger partial charge in [0.2, 0.25) is 0 Å². The molecule has 1 aliphatic rings. The molecule has 1 saturated heterocycles. The highest BCUT2D eigenvalue weighted by atomic mass is 32.1. The molecular weight excluding hydrogens is 274 g/mol. The van der Waals surface area contributed by atoms with Gasteiger partial charge in [-0.25, -0.2) is 0 Å². The summed E-state index contributed by atoms with van der Waals surface area (Å²) in [5.41, 5.74) is 6.30. The summed E-state index contributed by atoms with van der Waals surface area (Å²) in [5, 5.41) is 6.97. The van der Waals surface area contributed by atoms with Crippen LogP contribution >= 0.6 is 11.5 Å². The van der Waals surface area contributed by atoms with Crippen molar-refractivity contribution >= 4 is 28.3 Å². The largest absolute Gasteiger partial charge is 0.382 e. The third-order valence-corrected chi connectivity index (χ3v) is 4.22. The SMILES string of the molecule is CC(C)NC(=O)c1c(N)nsc1NCC1CCN(C)C1. The van der Waals surface area contributed by atoms with Gasteiger partial charge in [0.05, 0.1) is 0 Å². The molecule has 0 aliphatic carbocycles. The molecule has 6 nitrogen and oxygen atoms in total. The highest BCUT2D eigenvalue weighted by Gasteiger charge is 2.23. The Morgan fingerprint density at radius 1 is 1.60 bits per heavy atom. The summed E-state index contributed by atoms with van der Waals surface area (Å²) in [4.78, 5) is 14.5. The first kappa shape index (κ1) is 15.1. The smallest absolute Gasteiger partial charge is 0.258 e.